The fraction of sp³-hybridized carbons (Fsp3) is 0.385. The Labute approximate surface area is 106 Å². The van der Waals surface area contributed by atoms with Crippen molar-refractivity contribution >= 4 is 37.8 Å². The number of rotatable bonds is 2. The van der Waals surface area contributed by atoms with Crippen LogP contribution in [0.4, 0.5) is 16.2 Å². The predicted molar refractivity (Wildman–Crippen MR) is 85.0 cm³/mol. The van der Waals surface area contributed by atoms with Gasteiger partial charge in [-0.2, -0.15) is 0 Å². The number of benzene rings is 1. The second-order valence-corrected chi connectivity index (χ2v) is 13.8. The molecular formula is C13H19IN2O. The second kappa shape index (κ2) is 4.40. The van der Waals surface area contributed by atoms with Gasteiger partial charge in [0.15, 0.2) is 0 Å². The quantitative estimate of drug-likeness (QED) is 0.371. The monoisotopic (exact) mass is 346 g/mol. The van der Waals surface area contributed by atoms with Crippen molar-refractivity contribution in [3.8, 4) is 0 Å². The Kier molecular flexibility index (Phi) is 3.25. The van der Waals surface area contributed by atoms with Crippen LogP contribution in [0.25, 0.3) is 0 Å². The van der Waals surface area contributed by atoms with Crippen LogP contribution >= 0.6 is 18.0 Å². The average Bonchev–Trinajstić information content (AvgIpc) is 2.30. The Morgan fingerprint density at radius 1 is 1.47 bits per heavy atom. The molecule has 2 rings (SSSR count). The van der Waals surface area contributed by atoms with Crippen molar-refractivity contribution < 1.29 is 4.79 Å². The zero-order valence-electron chi connectivity index (χ0n) is 10.5. The van der Waals surface area contributed by atoms with Gasteiger partial charge >= 0.3 is 106 Å². The van der Waals surface area contributed by atoms with E-state index in [-0.39, 0.29) is 3.91 Å². The molecule has 1 aromatic carbocycles. The van der Waals surface area contributed by atoms with Crippen molar-refractivity contribution in [3.63, 3.8) is 0 Å². The number of hydrogen-bond acceptors (Lipinski definition) is 2. The number of carbonyl (C=O) groups excluding carboxylic acids is 1. The third-order valence-electron chi connectivity index (χ3n) is 3.19. The van der Waals surface area contributed by atoms with Gasteiger partial charge in [-0.1, -0.05) is 0 Å². The Balaban J connectivity index is 2.43. The van der Waals surface area contributed by atoms with E-state index in [2.05, 4.69) is 41.1 Å². The first kappa shape index (κ1) is 12.5. The molecule has 0 radical (unpaired) electrons. The van der Waals surface area contributed by atoms with Crippen LogP contribution in [0.15, 0.2) is 18.2 Å². The molecule has 0 fully saturated rings. The van der Waals surface area contributed by atoms with E-state index in [1.807, 2.05) is 13.1 Å². The number of hydrogen-bond donors (Lipinski definition) is 2. The van der Waals surface area contributed by atoms with Crippen molar-refractivity contribution in [1.82, 2.24) is 0 Å². The van der Waals surface area contributed by atoms with Gasteiger partial charge < -0.3 is 0 Å². The summed E-state index contributed by atoms with van der Waals surface area (Å²) in [5.41, 5.74) is 3.21. The van der Waals surface area contributed by atoms with Crippen LogP contribution < -0.4 is 10.6 Å². The average molecular weight is 346 g/mol. The molecule has 1 heterocycles. The SMILES string of the molecule is C=I1(C(C)C)Cc2ccc(NC)cc2NC1=O. The molecule has 0 bridgehead atoms. The summed E-state index contributed by atoms with van der Waals surface area (Å²) >= 11 is -2.58. The minimum absolute atomic E-state index is 0.202. The number of carbonyl (C=O) groups is 1. The summed E-state index contributed by atoms with van der Waals surface area (Å²) < 4.78 is 5.79. The van der Waals surface area contributed by atoms with Gasteiger partial charge in [-0.3, -0.25) is 0 Å². The topological polar surface area (TPSA) is 41.1 Å². The Morgan fingerprint density at radius 2 is 2.18 bits per heavy atom. The summed E-state index contributed by atoms with van der Waals surface area (Å²) in [6, 6.07) is 6.15. The van der Waals surface area contributed by atoms with Crippen molar-refractivity contribution in [2.24, 2.45) is 0 Å². The maximum atomic E-state index is 12.2. The van der Waals surface area contributed by atoms with Crippen LogP contribution in [0.3, 0.4) is 0 Å². The molecule has 0 spiro atoms. The number of anilines is 2. The first-order valence-corrected chi connectivity index (χ1v) is 11.0. The summed E-state index contributed by atoms with van der Waals surface area (Å²) in [5.74, 6) is 0. The maximum absolute atomic E-state index is 12.2. The van der Waals surface area contributed by atoms with Crippen LogP contribution in [0.5, 0.6) is 0 Å². The molecule has 1 amide bonds. The molecule has 1 aliphatic rings. The van der Waals surface area contributed by atoms with Gasteiger partial charge in [0.25, 0.3) is 0 Å². The van der Waals surface area contributed by atoms with Gasteiger partial charge in [-0.05, 0) is 0 Å². The van der Waals surface area contributed by atoms with Crippen LogP contribution in [0, 0.1) is 0 Å². The van der Waals surface area contributed by atoms with Crippen LogP contribution in [0.2, 0.25) is 0 Å². The number of nitrogens with one attached hydrogen (secondary N) is 2. The first-order valence-electron chi connectivity index (χ1n) is 5.64. The van der Waals surface area contributed by atoms with Crippen molar-refractivity contribution in [2.45, 2.75) is 22.2 Å². The van der Waals surface area contributed by atoms with Crippen molar-refractivity contribution in [2.75, 3.05) is 17.7 Å². The molecular weight excluding hydrogens is 327 g/mol. The van der Waals surface area contributed by atoms with E-state index in [9.17, 15) is 4.79 Å². The number of fused-ring (bicyclic) bond motifs is 1. The van der Waals surface area contributed by atoms with Gasteiger partial charge in [-0.15, -0.1) is 0 Å². The molecule has 94 valence electrons. The van der Waals surface area contributed by atoms with E-state index in [0.717, 1.165) is 15.8 Å². The van der Waals surface area contributed by atoms with Crippen LogP contribution in [-0.4, -0.2) is 19.4 Å². The summed E-state index contributed by atoms with van der Waals surface area (Å²) in [4.78, 5) is 12.2. The molecule has 0 aromatic heterocycles. The van der Waals surface area contributed by atoms with Gasteiger partial charge in [-0.25, -0.2) is 0 Å². The molecule has 17 heavy (non-hydrogen) atoms. The molecule has 1 atom stereocenters. The molecule has 2 N–H and O–H groups in total. The van der Waals surface area contributed by atoms with Crippen LogP contribution in [0.1, 0.15) is 19.4 Å². The zero-order valence-corrected chi connectivity index (χ0v) is 12.7. The van der Waals surface area contributed by atoms with Gasteiger partial charge in [0.05, 0.1) is 0 Å². The summed E-state index contributed by atoms with van der Waals surface area (Å²) in [6.45, 7) is 4.24. The fourth-order valence-electron chi connectivity index (χ4n) is 1.83. The summed E-state index contributed by atoms with van der Waals surface area (Å²) in [6.07, 6.45) is 0. The molecule has 0 aliphatic carbocycles. The molecule has 0 saturated heterocycles. The number of amides is 1. The zero-order chi connectivity index (χ0) is 12.6. The Bertz CT molecular complexity index is 508. The molecule has 4 heteroatoms. The third kappa shape index (κ3) is 2.10. The predicted octanol–water partition coefficient (Wildman–Crippen LogP) is 3.66. The summed E-state index contributed by atoms with van der Waals surface area (Å²) in [7, 11) is 1.88. The van der Waals surface area contributed by atoms with Gasteiger partial charge in [0.1, 0.15) is 0 Å². The normalized spacial score (nSPS) is 26.9. The van der Waals surface area contributed by atoms with Gasteiger partial charge in [0, 0.05) is 0 Å². The first-order chi connectivity index (χ1) is 7.97. The minimum atomic E-state index is -2.58. The fourth-order valence-corrected chi connectivity index (χ4v) is 7.15. The molecule has 3 nitrogen and oxygen atoms in total. The third-order valence-corrected chi connectivity index (χ3v) is 12.4. The van der Waals surface area contributed by atoms with E-state index in [1.165, 1.54) is 5.56 Å². The standard InChI is InChI=1S/C13H19IN2O/c1-9(2)14(3)8-10-5-6-11(15-4)7-12(10)16-13(14)17/h5-7,9,15H,3,8H2,1-2,4H3,(H,16,17). The number of halogens is 1. The molecule has 1 aliphatic heterocycles. The van der Waals surface area contributed by atoms with Crippen LogP contribution in [-0.2, 0) is 4.43 Å². The second-order valence-electron chi connectivity index (χ2n) is 4.54. The van der Waals surface area contributed by atoms with Gasteiger partial charge in [0.2, 0.25) is 0 Å². The van der Waals surface area contributed by atoms with E-state index in [1.54, 1.807) is 0 Å². The van der Waals surface area contributed by atoms with Crippen molar-refractivity contribution in [1.29, 1.82) is 0 Å². The number of alkyl halides is 2. The van der Waals surface area contributed by atoms with E-state index < -0.39 is 18.0 Å². The van der Waals surface area contributed by atoms with E-state index in [4.69, 9.17) is 0 Å². The Morgan fingerprint density at radius 3 is 2.76 bits per heavy atom. The molecule has 1 unspecified atom stereocenters. The van der Waals surface area contributed by atoms with E-state index >= 15 is 0 Å². The molecule has 0 saturated carbocycles. The Hall–Kier alpha value is -0.910. The molecule has 1 aromatic rings. The van der Waals surface area contributed by atoms with E-state index in [0.29, 0.717) is 3.92 Å². The summed E-state index contributed by atoms with van der Waals surface area (Å²) in [5, 5.41) is 6.13. The van der Waals surface area contributed by atoms with Crippen molar-refractivity contribution in [3.05, 3.63) is 23.8 Å².